The Morgan fingerprint density at radius 2 is 2.30 bits per heavy atom. The number of hydrogen-bond donors (Lipinski definition) is 1. The number of ether oxygens (including phenoxy) is 1. The summed E-state index contributed by atoms with van der Waals surface area (Å²) < 4.78 is 30.9. The molecule has 2 heterocycles. The van der Waals surface area contributed by atoms with Crippen LogP contribution in [0.25, 0.3) is 0 Å². The molecule has 20 heavy (non-hydrogen) atoms. The quantitative estimate of drug-likeness (QED) is 0.797. The van der Waals surface area contributed by atoms with E-state index < -0.39 is 16.0 Å². The molecule has 0 aromatic carbocycles. The van der Waals surface area contributed by atoms with Gasteiger partial charge in [-0.3, -0.25) is 0 Å². The van der Waals surface area contributed by atoms with Gasteiger partial charge in [-0.1, -0.05) is 0 Å². The number of nitrogens with one attached hydrogen (secondary N) is 1. The Labute approximate surface area is 127 Å². The van der Waals surface area contributed by atoms with Gasteiger partial charge in [0.25, 0.3) is 10.0 Å². The van der Waals surface area contributed by atoms with Crippen LogP contribution in [0, 0.1) is 0 Å². The number of thiazole rings is 1. The van der Waals surface area contributed by atoms with E-state index >= 15 is 0 Å². The summed E-state index contributed by atoms with van der Waals surface area (Å²) >= 11 is 0.933. The number of hydrogen-bond acceptors (Lipinski definition) is 7. The predicted octanol–water partition coefficient (Wildman–Crippen LogP) is 0.334. The first kappa shape index (κ1) is 17.3. The second-order valence-corrected chi connectivity index (χ2v) is 7.19. The van der Waals surface area contributed by atoms with Crippen molar-refractivity contribution < 1.29 is 17.9 Å². The molecule has 2 rings (SSSR count). The number of rotatable bonds is 3. The molecule has 1 aliphatic rings. The summed E-state index contributed by atoms with van der Waals surface area (Å²) in [6.45, 7) is 3.26. The zero-order valence-corrected chi connectivity index (χ0v) is 13.5. The lowest BCUT2D eigenvalue weighted by atomic mass is 10.3. The van der Waals surface area contributed by atoms with Crippen molar-refractivity contribution in [3.63, 3.8) is 0 Å². The van der Waals surface area contributed by atoms with Crippen molar-refractivity contribution >= 4 is 39.7 Å². The van der Waals surface area contributed by atoms with Gasteiger partial charge in [0.15, 0.2) is 9.90 Å². The molecule has 1 N–H and O–H groups in total. The van der Waals surface area contributed by atoms with Crippen LogP contribution in [-0.4, -0.2) is 56.5 Å². The van der Waals surface area contributed by atoms with E-state index in [-0.39, 0.29) is 28.4 Å². The van der Waals surface area contributed by atoms with Gasteiger partial charge < -0.3 is 10.1 Å². The second kappa shape index (κ2) is 6.81. The number of piperazine rings is 1. The van der Waals surface area contributed by atoms with Gasteiger partial charge in [-0.05, 0) is 6.92 Å². The molecule has 0 unspecified atom stereocenters. The predicted molar refractivity (Wildman–Crippen MR) is 76.9 cm³/mol. The smallest absolute Gasteiger partial charge is 0.358 e. The number of esters is 1. The molecule has 1 fully saturated rings. The molecule has 0 radical (unpaired) electrons. The van der Waals surface area contributed by atoms with Crippen LogP contribution in [0.2, 0.25) is 0 Å². The zero-order valence-electron chi connectivity index (χ0n) is 11.0. The van der Waals surface area contributed by atoms with Crippen LogP contribution >= 0.6 is 23.7 Å². The van der Waals surface area contributed by atoms with Crippen LogP contribution in [0.3, 0.4) is 0 Å². The fourth-order valence-corrected chi connectivity index (χ4v) is 4.68. The Balaban J connectivity index is 0.00000200. The fraction of sp³-hybridized carbons (Fsp3) is 0.600. The third-order valence-corrected chi connectivity index (χ3v) is 6.03. The Morgan fingerprint density at radius 1 is 1.60 bits per heavy atom. The van der Waals surface area contributed by atoms with Gasteiger partial charge in [0.2, 0.25) is 0 Å². The van der Waals surface area contributed by atoms with Crippen molar-refractivity contribution in [3.05, 3.63) is 11.2 Å². The largest absolute Gasteiger partial charge is 0.464 e. The summed E-state index contributed by atoms with van der Waals surface area (Å²) in [6.07, 6.45) is 0. The number of carbonyl (C=O) groups is 1. The molecule has 0 saturated carbocycles. The Hall–Kier alpha value is -0.740. The first-order chi connectivity index (χ1) is 8.96. The van der Waals surface area contributed by atoms with Gasteiger partial charge >= 0.3 is 5.97 Å². The zero-order chi connectivity index (χ0) is 14.0. The van der Waals surface area contributed by atoms with E-state index in [0.29, 0.717) is 19.6 Å². The van der Waals surface area contributed by atoms with Gasteiger partial charge in [-0.2, -0.15) is 4.31 Å². The molecule has 1 aliphatic heterocycles. The van der Waals surface area contributed by atoms with Crippen LogP contribution in [-0.2, 0) is 14.8 Å². The second-order valence-electron chi connectivity index (χ2n) is 4.20. The first-order valence-corrected chi connectivity index (χ1v) is 8.04. The summed E-state index contributed by atoms with van der Waals surface area (Å²) in [7, 11) is -2.49. The van der Waals surface area contributed by atoms with E-state index in [1.54, 1.807) is 0 Å². The number of sulfonamides is 1. The molecular weight excluding hydrogens is 326 g/mol. The highest BCUT2D eigenvalue weighted by Crippen LogP contribution is 2.25. The van der Waals surface area contributed by atoms with Crippen LogP contribution in [0.15, 0.2) is 9.72 Å². The average Bonchev–Trinajstić information content (AvgIpc) is 2.87. The lowest BCUT2D eigenvalue weighted by molar-refractivity contribution is 0.0590. The van der Waals surface area contributed by atoms with Gasteiger partial charge in [-0.15, -0.1) is 23.7 Å². The van der Waals surface area contributed by atoms with Gasteiger partial charge in [0, 0.05) is 25.7 Å². The molecule has 0 bridgehead atoms. The van der Waals surface area contributed by atoms with Crippen molar-refractivity contribution in [2.75, 3.05) is 26.7 Å². The minimum Gasteiger partial charge on any atom is -0.464 e. The van der Waals surface area contributed by atoms with Crippen LogP contribution in [0.5, 0.6) is 0 Å². The summed E-state index contributed by atoms with van der Waals surface area (Å²) in [5.74, 6) is -0.733. The molecule has 1 atom stereocenters. The molecule has 0 aliphatic carbocycles. The normalized spacial score (nSPS) is 20.2. The van der Waals surface area contributed by atoms with E-state index in [9.17, 15) is 13.2 Å². The van der Waals surface area contributed by atoms with Gasteiger partial charge in [0.1, 0.15) is 0 Å². The maximum atomic E-state index is 12.5. The highest BCUT2D eigenvalue weighted by atomic mass is 35.5. The van der Waals surface area contributed by atoms with Crippen molar-refractivity contribution in [3.8, 4) is 0 Å². The van der Waals surface area contributed by atoms with E-state index in [2.05, 4.69) is 15.0 Å². The maximum absolute atomic E-state index is 12.5. The van der Waals surface area contributed by atoms with E-state index in [1.807, 2.05) is 6.92 Å². The molecule has 1 aromatic heterocycles. The summed E-state index contributed by atoms with van der Waals surface area (Å²) in [4.78, 5) is 15.3. The van der Waals surface area contributed by atoms with E-state index in [0.717, 1.165) is 11.3 Å². The third-order valence-electron chi connectivity index (χ3n) is 2.82. The van der Waals surface area contributed by atoms with Gasteiger partial charge in [0.05, 0.1) is 12.6 Å². The summed E-state index contributed by atoms with van der Waals surface area (Å²) in [5.41, 5.74) is 1.20. The molecule has 0 amide bonds. The lowest BCUT2D eigenvalue weighted by Gasteiger charge is -2.30. The number of aromatic nitrogens is 1. The number of methoxy groups -OCH3 is 1. The van der Waals surface area contributed by atoms with Crippen molar-refractivity contribution in [1.29, 1.82) is 0 Å². The topological polar surface area (TPSA) is 88.6 Å². The maximum Gasteiger partial charge on any atom is 0.358 e. The summed E-state index contributed by atoms with van der Waals surface area (Å²) in [6, 6.07) is 0.0815. The third kappa shape index (κ3) is 3.29. The van der Waals surface area contributed by atoms with Crippen LogP contribution in [0.1, 0.15) is 17.4 Å². The molecule has 10 heteroatoms. The van der Waals surface area contributed by atoms with Crippen molar-refractivity contribution in [2.24, 2.45) is 0 Å². The van der Waals surface area contributed by atoms with Gasteiger partial charge in [-0.25, -0.2) is 18.2 Å². The number of carbonyl (C=O) groups excluding carboxylic acids is 1. The van der Waals surface area contributed by atoms with E-state index in [4.69, 9.17) is 0 Å². The fourth-order valence-electron chi connectivity index (χ4n) is 1.88. The highest BCUT2D eigenvalue weighted by Gasteiger charge is 2.34. The van der Waals surface area contributed by atoms with Crippen LogP contribution < -0.4 is 5.32 Å². The minimum absolute atomic E-state index is 0. The molecular formula is C10H16ClN3O4S2. The number of nitrogens with zero attached hydrogens (tertiary/aromatic N) is 2. The van der Waals surface area contributed by atoms with Crippen molar-refractivity contribution in [2.45, 2.75) is 17.2 Å². The van der Waals surface area contributed by atoms with Crippen LogP contribution in [0.4, 0.5) is 0 Å². The molecule has 1 saturated heterocycles. The van der Waals surface area contributed by atoms with E-state index in [1.165, 1.54) is 16.9 Å². The Morgan fingerprint density at radius 3 is 2.90 bits per heavy atom. The average molecular weight is 342 g/mol. The lowest BCUT2D eigenvalue weighted by Crippen LogP contribution is -2.51. The minimum atomic E-state index is -3.69. The summed E-state index contributed by atoms with van der Waals surface area (Å²) in [5, 5.41) is 3.17. The molecule has 7 nitrogen and oxygen atoms in total. The first-order valence-electron chi connectivity index (χ1n) is 5.72. The molecule has 0 spiro atoms. The Kier molecular flexibility index (Phi) is 5.90. The van der Waals surface area contributed by atoms with Crippen molar-refractivity contribution in [1.82, 2.24) is 14.6 Å². The Bertz CT molecular complexity index is 575. The number of halogens is 1. The monoisotopic (exact) mass is 341 g/mol. The molecule has 114 valence electrons. The molecule has 1 aromatic rings. The highest BCUT2D eigenvalue weighted by molar-refractivity contribution is 7.91. The SMILES string of the molecule is COC(=O)c1ncsc1S(=O)(=O)N1CCN[C@@H](C)C1.Cl. The standard InChI is InChI=1S/C10H15N3O4S2.ClH/c1-7-5-13(4-3-11-7)19(15,16)10-8(9(14)17-2)12-6-18-10;/h6-7,11H,3-5H2,1-2H3;1H/t7-;/m0./s1.